The van der Waals surface area contributed by atoms with Crippen molar-refractivity contribution < 1.29 is 5.21 Å². The fourth-order valence-electron chi connectivity index (χ4n) is 1.49. The first kappa shape index (κ1) is 9.42. The van der Waals surface area contributed by atoms with Crippen LogP contribution in [0, 0.1) is 20.8 Å². The lowest BCUT2D eigenvalue weighted by atomic mass is 10.1. The molecular weight excluding hydrogens is 170 g/mol. The van der Waals surface area contributed by atoms with Gasteiger partial charge in [-0.2, -0.15) is 0 Å². The predicted octanol–water partition coefficient (Wildman–Crippen LogP) is 2.65. The molecule has 0 unspecified atom stereocenters. The number of thiol groups is 1. The van der Waals surface area contributed by atoms with E-state index in [1.54, 1.807) is 0 Å². The van der Waals surface area contributed by atoms with E-state index in [-0.39, 0.29) is 0 Å². The third-order valence-corrected chi connectivity index (χ3v) is 2.04. The molecule has 0 fully saturated rings. The third-order valence-electron chi connectivity index (χ3n) is 1.84. The van der Waals surface area contributed by atoms with Crippen LogP contribution in [0.3, 0.4) is 0 Å². The van der Waals surface area contributed by atoms with E-state index >= 15 is 0 Å². The Morgan fingerprint density at radius 2 is 1.58 bits per heavy atom. The highest BCUT2D eigenvalue weighted by Gasteiger charge is 2.06. The van der Waals surface area contributed by atoms with Gasteiger partial charge in [0, 0.05) is 0 Å². The quantitative estimate of drug-likeness (QED) is 0.516. The first-order chi connectivity index (χ1) is 5.52. The molecule has 0 saturated carbocycles. The molecule has 0 aliphatic carbocycles. The van der Waals surface area contributed by atoms with E-state index in [9.17, 15) is 5.21 Å². The molecule has 0 radical (unpaired) electrons. The zero-order chi connectivity index (χ0) is 9.30. The van der Waals surface area contributed by atoms with Crippen molar-refractivity contribution in [3.63, 3.8) is 0 Å². The molecule has 0 aliphatic rings. The molecule has 0 saturated heterocycles. The van der Waals surface area contributed by atoms with Crippen molar-refractivity contribution in [1.29, 1.82) is 0 Å². The second-order valence-corrected chi connectivity index (χ2v) is 3.42. The van der Waals surface area contributed by atoms with Crippen LogP contribution >= 0.6 is 12.8 Å². The number of anilines is 1. The summed E-state index contributed by atoms with van der Waals surface area (Å²) in [6.07, 6.45) is 0. The maximum absolute atomic E-state index is 9.17. The van der Waals surface area contributed by atoms with Gasteiger partial charge in [0.05, 0.1) is 5.69 Å². The normalized spacial score (nSPS) is 10.1. The van der Waals surface area contributed by atoms with Crippen LogP contribution in [0.2, 0.25) is 0 Å². The summed E-state index contributed by atoms with van der Waals surface area (Å²) in [5.41, 5.74) is 4.03. The average molecular weight is 183 g/mol. The standard InChI is InChI=1S/C9H13NOS/c1-6-4-7(2)9(10(11)12)8(3)5-6/h4-5,11-12H,1-3H3. The highest BCUT2D eigenvalue weighted by molar-refractivity contribution is 7.81. The second kappa shape index (κ2) is 3.37. The molecule has 1 aromatic carbocycles. The van der Waals surface area contributed by atoms with E-state index in [1.165, 1.54) is 5.56 Å². The van der Waals surface area contributed by atoms with Crippen molar-refractivity contribution in [1.82, 2.24) is 0 Å². The molecule has 1 rings (SSSR count). The van der Waals surface area contributed by atoms with Gasteiger partial charge in [-0.1, -0.05) is 17.7 Å². The zero-order valence-corrected chi connectivity index (χ0v) is 8.39. The summed E-state index contributed by atoms with van der Waals surface area (Å²) >= 11 is 3.85. The summed E-state index contributed by atoms with van der Waals surface area (Å²) in [6, 6.07) is 4.03. The molecule has 1 aromatic rings. The second-order valence-electron chi connectivity index (χ2n) is 3.04. The molecule has 0 aromatic heterocycles. The Hall–Kier alpha value is -0.670. The molecule has 66 valence electrons. The molecule has 2 nitrogen and oxygen atoms in total. The largest absolute Gasteiger partial charge is 0.278 e. The van der Waals surface area contributed by atoms with Crippen molar-refractivity contribution in [2.24, 2.45) is 0 Å². The lowest BCUT2D eigenvalue weighted by Crippen LogP contribution is -2.06. The average Bonchev–Trinajstić information content (AvgIpc) is 1.82. The molecule has 0 bridgehead atoms. The van der Waals surface area contributed by atoms with Gasteiger partial charge in [-0.25, -0.2) is 4.47 Å². The van der Waals surface area contributed by atoms with Crippen molar-refractivity contribution >= 4 is 18.5 Å². The highest BCUT2D eigenvalue weighted by Crippen LogP contribution is 2.25. The van der Waals surface area contributed by atoms with Crippen LogP contribution in [0.5, 0.6) is 0 Å². The van der Waals surface area contributed by atoms with Gasteiger partial charge >= 0.3 is 0 Å². The van der Waals surface area contributed by atoms with E-state index in [0.29, 0.717) is 0 Å². The Kier molecular flexibility index (Phi) is 2.65. The monoisotopic (exact) mass is 183 g/mol. The fraction of sp³-hybridized carbons (Fsp3) is 0.333. The van der Waals surface area contributed by atoms with Gasteiger partial charge in [-0.3, -0.25) is 5.21 Å². The summed E-state index contributed by atoms with van der Waals surface area (Å²) in [6.45, 7) is 5.94. The third kappa shape index (κ3) is 1.73. The molecule has 0 amide bonds. The SMILES string of the molecule is Cc1cc(C)c(N(O)S)c(C)c1. The molecule has 3 heteroatoms. The molecule has 12 heavy (non-hydrogen) atoms. The van der Waals surface area contributed by atoms with Crippen molar-refractivity contribution in [3.8, 4) is 0 Å². The van der Waals surface area contributed by atoms with E-state index in [2.05, 4.69) is 12.8 Å². The van der Waals surface area contributed by atoms with Crippen molar-refractivity contribution in [2.45, 2.75) is 20.8 Å². The number of nitrogens with zero attached hydrogens (tertiary/aromatic N) is 1. The van der Waals surface area contributed by atoms with Crippen LogP contribution < -0.4 is 4.47 Å². The molecular formula is C9H13NOS. The molecule has 1 N–H and O–H groups in total. The van der Waals surface area contributed by atoms with Gasteiger partial charge < -0.3 is 0 Å². The van der Waals surface area contributed by atoms with Gasteiger partial charge in [0.15, 0.2) is 0 Å². The number of benzene rings is 1. The number of hydrogen-bond donors (Lipinski definition) is 2. The zero-order valence-electron chi connectivity index (χ0n) is 7.50. The minimum absolute atomic E-state index is 0.768. The number of aryl methyl sites for hydroxylation is 3. The Labute approximate surface area is 78.3 Å². The van der Waals surface area contributed by atoms with Crippen LogP contribution in [0.4, 0.5) is 5.69 Å². The lowest BCUT2D eigenvalue weighted by Gasteiger charge is -2.15. The summed E-state index contributed by atoms with van der Waals surface area (Å²) in [4.78, 5) is 0. The van der Waals surface area contributed by atoms with Crippen LogP contribution in [-0.4, -0.2) is 5.21 Å². The summed E-state index contributed by atoms with van der Waals surface area (Å²) < 4.78 is 0.865. The fourth-order valence-corrected chi connectivity index (χ4v) is 1.80. The van der Waals surface area contributed by atoms with Crippen LogP contribution in [-0.2, 0) is 0 Å². The molecule has 0 spiro atoms. The Morgan fingerprint density at radius 3 is 1.92 bits per heavy atom. The van der Waals surface area contributed by atoms with Gasteiger partial charge in [-0.15, -0.1) is 0 Å². The first-order valence-corrected chi connectivity index (χ1v) is 4.18. The summed E-state index contributed by atoms with van der Waals surface area (Å²) in [7, 11) is 0. The Morgan fingerprint density at radius 1 is 1.17 bits per heavy atom. The summed E-state index contributed by atoms with van der Waals surface area (Å²) in [5, 5.41) is 9.17. The minimum atomic E-state index is 0.768. The highest BCUT2D eigenvalue weighted by atomic mass is 32.1. The van der Waals surface area contributed by atoms with Gasteiger partial charge in [0.1, 0.15) is 0 Å². The van der Waals surface area contributed by atoms with E-state index < -0.39 is 0 Å². The maximum Gasteiger partial charge on any atom is 0.0819 e. The number of rotatable bonds is 1. The van der Waals surface area contributed by atoms with Crippen LogP contribution in [0.25, 0.3) is 0 Å². The van der Waals surface area contributed by atoms with E-state index in [1.807, 2.05) is 32.9 Å². The van der Waals surface area contributed by atoms with Gasteiger partial charge in [0.25, 0.3) is 0 Å². The maximum atomic E-state index is 9.17. The topological polar surface area (TPSA) is 23.5 Å². The van der Waals surface area contributed by atoms with E-state index in [4.69, 9.17) is 0 Å². The first-order valence-electron chi connectivity index (χ1n) is 3.78. The van der Waals surface area contributed by atoms with Crippen molar-refractivity contribution in [3.05, 3.63) is 28.8 Å². The number of hydrogen-bond acceptors (Lipinski definition) is 3. The van der Waals surface area contributed by atoms with Crippen LogP contribution in [0.1, 0.15) is 16.7 Å². The lowest BCUT2D eigenvalue weighted by molar-refractivity contribution is 0.333. The molecule has 0 heterocycles. The van der Waals surface area contributed by atoms with Gasteiger partial charge in [-0.05, 0) is 44.7 Å². The summed E-state index contributed by atoms with van der Waals surface area (Å²) in [5.74, 6) is 0. The van der Waals surface area contributed by atoms with Crippen molar-refractivity contribution in [2.75, 3.05) is 4.47 Å². The molecule has 0 atom stereocenters. The Bertz CT molecular complexity index is 274. The van der Waals surface area contributed by atoms with E-state index in [0.717, 1.165) is 21.3 Å². The van der Waals surface area contributed by atoms with Gasteiger partial charge in [0.2, 0.25) is 0 Å². The smallest absolute Gasteiger partial charge is 0.0819 e. The predicted molar refractivity (Wildman–Crippen MR) is 53.9 cm³/mol. The Balaban J connectivity index is 3.28. The minimum Gasteiger partial charge on any atom is -0.278 e. The van der Waals surface area contributed by atoms with Crippen LogP contribution in [0.15, 0.2) is 12.1 Å². The molecule has 0 aliphatic heterocycles.